The van der Waals surface area contributed by atoms with Crippen molar-refractivity contribution < 1.29 is 9.90 Å². The number of carbonyl (C=O) groups is 1. The second kappa shape index (κ2) is 5.89. The Labute approximate surface area is 117 Å². The molecule has 1 heterocycles. The van der Waals surface area contributed by atoms with Crippen molar-refractivity contribution in [2.45, 2.75) is 20.4 Å². The quantitative estimate of drug-likeness (QED) is 0.928. The second-order valence-corrected chi connectivity index (χ2v) is 5.45. The van der Waals surface area contributed by atoms with Crippen LogP contribution in [0, 0.1) is 6.92 Å². The number of nitrogens with zero attached hydrogens (tertiary/aromatic N) is 1. The summed E-state index contributed by atoms with van der Waals surface area (Å²) in [6.45, 7) is 5.03. The van der Waals surface area contributed by atoms with E-state index in [2.05, 4.69) is 0 Å². The summed E-state index contributed by atoms with van der Waals surface area (Å²) >= 11 is 1.63. The van der Waals surface area contributed by atoms with Gasteiger partial charge in [-0.25, -0.2) is 0 Å². The topological polar surface area (TPSA) is 40.5 Å². The Morgan fingerprint density at radius 2 is 2.16 bits per heavy atom. The minimum Gasteiger partial charge on any atom is -0.507 e. The van der Waals surface area contributed by atoms with E-state index in [1.54, 1.807) is 28.4 Å². The van der Waals surface area contributed by atoms with E-state index < -0.39 is 0 Å². The van der Waals surface area contributed by atoms with Crippen molar-refractivity contribution in [2.24, 2.45) is 0 Å². The molecular formula is C15H17NO2S. The molecule has 1 N–H and O–H groups in total. The van der Waals surface area contributed by atoms with Gasteiger partial charge in [-0.3, -0.25) is 4.79 Å². The van der Waals surface area contributed by atoms with Gasteiger partial charge in [0.25, 0.3) is 5.91 Å². The number of aryl methyl sites for hydroxylation is 1. The van der Waals surface area contributed by atoms with Crippen LogP contribution in [0.4, 0.5) is 0 Å². The van der Waals surface area contributed by atoms with E-state index >= 15 is 0 Å². The van der Waals surface area contributed by atoms with Crippen LogP contribution in [0.3, 0.4) is 0 Å². The Hall–Kier alpha value is -1.81. The van der Waals surface area contributed by atoms with Crippen LogP contribution in [0.1, 0.15) is 27.7 Å². The number of rotatable bonds is 4. The Bertz CT molecular complexity index is 564. The molecule has 19 heavy (non-hydrogen) atoms. The van der Waals surface area contributed by atoms with Gasteiger partial charge >= 0.3 is 0 Å². The first-order valence-corrected chi connectivity index (χ1v) is 7.11. The third kappa shape index (κ3) is 3.15. The van der Waals surface area contributed by atoms with Crippen molar-refractivity contribution in [3.8, 4) is 5.75 Å². The molecule has 4 heteroatoms. The van der Waals surface area contributed by atoms with E-state index in [0.29, 0.717) is 18.7 Å². The van der Waals surface area contributed by atoms with Gasteiger partial charge in [0.2, 0.25) is 0 Å². The fraction of sp³-hybridized carbons (Fsp3) is 0.267. The van der Waals surface area contributed by atoms with Gasteiger partial charge in [-0.2, -0.15) is 0 Å². The second-order valence-electron chi connectivity index (χ2n) is 4.42. The molecule has 0 saturated heterocycles. The van der Waals surface area contributed by atoms with E-state index in [9.17, 15) is 9.90 Å². The van der Waals surface area contributed by atoms with Crippen molar-refractivity contribution in [1.29, 1.82) is 0 Å². The van der Waals surface area contributed by atoms with Gasteiger partial charge in [0.1, 0.15) is 5.75 Å². The number of hydrogen-bond donors (Lipinski definition) is 1. The fourth-order valence-electron chi connectivity index (χ4n) is 1.91. The number of phenols is 1. The molecule has 0 aliphatic heterocycles. The number of carbonyl (C=O) groups excluding carboxylic acids is 1. The van der Waals surface area contributed by atoms with E-state index in [-0.39, 0.29) is 11.7 Å². The molecule has 1 aromatic heterocycles. The van der Waals surface area contributed by atoms with Crippen molar-refractivity contribution in [1.82, 2.24) is 4.90 Å². The maximum atomic E-state index is 12.4. The minimum absolute atomic E-state index is 0.0506. The monoisotopic (exact) mass is 275 g/mol. The van der Waals surface area contributed by atoms with Crippen LogP contribution in [-0.4, -0.2) is 22.5 Å². The van der Waals surface area contributed by atoms with Gasteiger partial charge < -0.3 is 10.0 Å². The number of thiophene rings is 1. The standard InChI is InChI=1S/C15H17NO2S/c1-3-16(10-12-5-4-8-19-12)15(18)13-7-6-11(2)9-14(13)17/h4-9,17H,3,10H2,1-2H3. The van der Waals surface area contributed by atoms with Crippen LogP contribution in [0.15, 0.2) is 35.7 Å². The zero-order valence-corrected chi connectivity index (χ0v) is 11.9. The Balaban J connectivity index is 2.20. The molecule has 0 bridgehead atoms. The molecule has 2 aromatic rings. The Morgan fingerprint density at radius 3 is 2.74 bits per heavy atom. The zero-order valence-electron chi connectivity index (χ0n) is 11.1. The maximum Gasteiger partial charge on any atom is 0.257 e. The van der Waals surface area contributed by atoms with Gasteiger partial charge in [0, 0.05) is 11.4 Å². The van der Waals surface area contributed by atoms with Crippen LogP contribution >= 0.6 is 11.3 Å². The van der Waals surface area contributed by atoms with Crippen molar-refractivity contribution in [3.63, 3.8) is 0 Å². The lowest BCUT2D eigenvalue weighted by atomic mass is 10.1. The first-order chi connectivity index (χ1) is 9.11. The summed E-state index contributed by atoms with van der Waals surface area (Å²) in [5.74, 6) is -0.0805. The van der Waals surface area contributed by atoms with E-state index in [1.807, 2.05) is 37.4 Å². The summed E-state index contributed by atoms with van der Waals surface area (Å²) in [6, 6.07) is 9.12. The van der Waals surface area contributed by atoms with Crippen LogP contribution < -0.4 is 0 Å². The van der Waals surface area contributed by atoms with Crippen molar-refractivity contribution in [2.75, 3.05) is 6.54 Å². The molecule has 0 radical (unpaired) electrons. The highest BCUT2D eigenvalue weighted by Gasteiger charge is 2.18. The molecule has 0 aliphatic rings. The molecule has 3 nitrogen and oxygen atoms in total. The van der Waals surface area contributed by atoms with Gasteiger partial charge in [0.15, 0.2) is 0 Å². The normalized spacial score (nSPS) is 10.4. The summed E-state index contributed by atoms with van der Waals surface area (Å²) in [5.41, 5.74) is 1.30. The number of amides is 1. The number of hydrogen-bond acceptors (Lipinski definition) is 3. The Morgan fingerprint density at radius 1 is 1.37 bits per heavy atom. The lowest BCUT2D eigenvalue weighted by Gasteiger charge is -2.20. The number of phenolic OH excluding ortho intramolecular Hbond substituents is 1. The van der Waals surface area contributed by atoms with E-state index in [0.717, 1.165) is 10.4 Å². The lowest BCUT2D eigenvalue weighted by Crippen LogP contribution is -2.30. The number of benzene rings is 1. The highest BCUT2D eigenvalue weighted by atomic mass is 32.1. The third-order valence-corrected chi connectivity index (χ3v) is 3.84. The largest absolute Gasteiger partial charge is 0.507 e. The van der Waals surface area contributed by atoms with Gasteiger partial charge in [-0.05, 0) is 43.0 Å². The van der Waals surface area contributed by atoms with Crippen LogP contribution in [-0.2, 0) is 6.54 Å². The third-order valence-electron chi connectivity index (χ3n) is 2.98. The zero-order chi connectivity index (χ0) is 13.8. The highest BCUT2D eigenvalue weighted by Crippen LogP contribution is 2.21. The van der Waals surface area contributed by atoms with Gasteiger partial charge in [0.05, 0.1) is 12.1 Å². The lowest BCUT2D eigenvalue weighted by molar-refractivity contribution is 0.0751. The molecule has 1 aromatic carbocycles. The van der Waals surface area contributed by atoms with Crippen LogP contribution in [0.2, 0.25) is 0 Å². The van der Waals surface area contributed by atoms with E-state index in [1.165, 1.54) is 0 Å². The molecule has 0 unspecified atom stereocenters. The van der Waals surface area contributed by atoms with E-state index in [4.69, 9.17) is 0 Å². The molecule has 0 atom stereocenters. The highest BCUT2D eigenvalue weighted by molar-refractivity contribution is 7.09. The maximum absolute atomic E-state index is 12.4. The SMILES string of the molecule is CCN(Cc1cccs1)C(=O)c1ccc(C)cc1O. The summed E-state index contributed by atoms with van der Waals surface area (Å²) in [7, 11) is 0. The predicted octanol–water partition coefficient (Wildman–Crippen LogP) is 3.42. The fourth-order valence-corrected chi connectivity index (χ4v) is 2.63. The molecule has 0 fully saturated rings. The molecule has 0 saturated carbocycles. The minimum atomic E-state index is -0.131. The predicted molar refractivity (Wildman–Crippen MR) is 77.6 cm³/mol. The molecule has 0 spiro atoms. The molecule has 100 valence electrons. The summed E-state index contributed by atoms with van der Waals surface area (Å²) < 4.78 is 0. The van der Waals surface area contributed by atoms with Gasteiger partial charge in [-0.1, -0.05) is 12.1 Å². The Kier molecular flexibility index (Phi) is 4.22. The first kappa shape index (κ1) is 13.6. The summed E-state index contributed by atoms with van der Waals surface area (Å²) in [5, 5.41) is 11.9. The van der Waals surface area contributed by atoms with Gasteiger partial charge in [-0.15, -0.1) is 11.3 Å². The van der Waals surface area contributed by atoms with Crippen molar-refractivity contribution >= 4 is 17.2 Å². The first-order valence-electron chi connectivity index (χ1n) is 6.23. The molecule has 2 rings (SSSR count). The molecule has 1 amide bonds. The smallest absolute Gasteiger partial charge is 0.257 e. The van der Waals surface area contributed by atoms with Crippen LogP contribution in [0.5, 0.6) is 5.75 Å². The summed E-state index contributed by atoms with van der Waals surface area (Å²) in [4.78, 5) is 15.3. The van der Waals surface area contributed by atoms with Crippen LogP contribution in [0.25, 0.3) is 0 Å². The number of aromatic hydroxyl groups is 1. The molecule has 0 aliphatic carbocycles. The average Bonchev–Trinajstić information content (AvgIpc) is 2.88. The van der Waals surface area contributed by atoms with Crippen molar-refractivity contribution in [3.05, 3.63) is 51.7 Å². The summed E-state index contributed by atoms with van der Waals surface area (Å²) in [6.07, 6.45) is 0. The molecular weight excluding hydrogens is 258 g/mol. The average molecular weight is 275 g/mol.